The van der Waals surface area contributed by atoms with Gasteiger partial charge in [0.1, 0.15) is 5.52 Å². The highest BCUT2D eigenvalue weighted by molar-refractivity contribution is 5.78. The number of nitrogens with one attached hydrogen (secondary N) is 1. The maximum Gasteiger partial charge on any atom is 0.295 e. The summed E-state index contributed by atoms with van der Waals surface area (Å²) in [5, 5.41) is 12.6. The summed E-state index contributed by atoms with van der Waals surface area (Å²) < 4.78 is 5.57. The molecular weight excluding hydrogens is 230 g/mol. The Hall–Kier alpha value is -1.75. The first-order valence-electron chi connectivity index (χ1n) is 6.29. The third-order valence-corrected chi connectivity index (χ3v) is 3.47. The molecule has 0 saturated heterocycles. The van der Waals surface area contributed by atoms with Gasteiger partial charge in [0.15, 0.2) is 5.58 Å². The molecule has 1 fully saturated rings. The topological polar surface area (TPSA) is 84.3 Å². The number of aromatic nitrogens is 1. The third kappa shape index (κ3) is 2.26. The van der Waals surface area contributed by atoms with Crippen molar-refractivity contribution in [2.45, 2.75) is 25.4 Å². The fourth-order valence-electron chi connectivity index (χ4n) is 2.49. The quantitative estimate of drug-likeness (QED) is 0.722. The second kappa shape index (κ2) is 4.49. The van der Waals surface area contributed by atoms with Crippen LogP contribution in [-0.2, 0) is 0 Å². The predicted octanol–water partition coefficient (Wildman–Crippen LogP) is 1.98. The van der Waals surface area contributed by atoms with E-state index in [-0.39, 0.29) is 6.10 Å². The zero-order valence-electron chi connectivity index (χ0n) is 10.1. The molecule has 3 rings (SSSR count). The summed E-state index contributed by atoms with van der Waals surface area (Å²) in [5.74, 6) is 0.500. The average Bonchev–Trinajstić information content (AvgIpc) is 2.92. The number of anilines is 2. The van der Waals surface area contributed by atoms with Crippen LogP contribution in [0.5, 0.6) is 0 Å². The van der Waals surface area contributed by atoms with Gasteiger partial charge >= 0.3 is 0 Å². The number of rotatable bonds is 3. The van der Waals surface area contributed by atoms with Crippen molar-refractivity contribution < 1.29 is 9.52 Å². The van der Waals surface area contributed by atoms with Gasteiger partial charge in [-0.25, -0.2) is 0 Å². The van der Waals surface area contributed by atoms with E-state index in [1.54, 1.807) is 12.1 Å². The van der Waals surface area contributed by atoms with Crippen molar-refractivity contribution in [3.05, 3.63) is 18.2 Å². The number of oxazole rings is 1. The van der Waals surface area contributed by atoms with E-state index in [0.717, 1.165) is 36.9 Å². The van der Waals surface area contributed by atoms with Crippen molar-refractivity contribution >= 4 is 22.8 Å². The van der Waals surface area contributed by atoms with Gasteiger partial charge in [-0.05, 0) is 43.4 Å². The number of nitrogens with zero attached hydrogens (tertiary/aromatic N) is 1. The van der Waals surface area contributed by atoms with E-state index >= 15 is 0 Å². The van der Waals surface area contributed by atoms with Crippen LogP contribution in [0.3, 0.4) is 0 Å². The van der Waals surface area contributed by atoms with Crippen molar-refractivity contribution in [1.82, 2.24) is 4.98 Å². The van der Waals surface area contributed by atoms with E-state index in [9.17, 15) is 5.11 Å². The van der Waals surface area contributed by atoms with Crippen LogP contribution < -0.4 is 11.1 Å². The first-order chi connectivity index (χ1) is 8.70. The van der Waals surface area contributed by atoms with Gasteiger partial charge < -0.3 is 20.6 Å². The second-order valence-electron chi connectivity index (χ2n) is 4.96. The van der Waals surface area contributed by atoms with Crippen LogP contribution >= 0.6 is 0 Å². The van der Waals surface area contributed by atoms with Crippen LogP contribution in [0.2, 0.25) is 0 Å². The Kier molecular flexibility index (Phi) is 2.83. The number of hydrogen-bond acceptors (Lipinski definition) is 5. The Morgan fingerprint density at radius 1 is 1.44 bits per heavy atom. The molecule has 2 unspecified atom stereocenters. The largest absolute Gasteiger partial charge is 0.424 e. The first-order valence-corrected chi connectivity index (χ1v) is 6.29. The molecule has 0 amide bonds. The average molecular weight is 247 g/mol. The highest BCUT2D eigenvalue weighted by atomic mass is 16.4. The Labute approximate surface area is 105 Å². The number of aliphatic hydroxyl groups is 1. The summed E-state index contributed by atoms with van der Waals surface area (Å²) in [6, 6.07) is 5.94. The maximum absolute atomic E-state index is 9.46. The number of hydrogen-bond donors (Lipinski definition) is 3. The van der Waals surface area contributed by atoms with Gasteiger partial charge in [-0.2, -0.15) is 4.98 Å². The molecular formula is C13H17N3O2. The molecule has 5 nitrogen and oxygen atoms in total. The minimum atomic E-state index is -0.139. The zero-order chi connectivity index (χ0) is 12.5. The molecule has 1 heterocycles. The summed E-state index contributed by atoms with van der Waals surface area (Å²) in [5.41, 5.74) is 7.88. The molecule has 1 saturated carbocycles. The highest BCUT2D eigenvalue weighted by Gasteiger charge is 2.22. The lowest BCUT2D eigenvalue weighted by Crippen LogP contribution is -2.12. The molecule has 18 heavy (non-hydrogen) atoms. The van der Waals surface area contributed by atoms with E-state index < -0.39 is 0 Å². The molecule has 4 N–H and O–H groups in total. The summed E-state index contributed by atoms with van der Waals surface area (Å²) >= 11 is 0. The van der Waals surface area contributed by atoms with Crippen molar-refractivity contribution in [2.75, 3.05) is 17.6 Å². The lowest BCUT2D eigenvalue weighted by Gasteiger charge is -2.08. The second-order valence-corrected chi connectivity index (χ2v) is 4.96. The van der Waals surface area contributed by atoms with Crippen molar-refractivity contribution in [1.29, 1.82) is 0 Å². The van der Waals surface area contributed by atoms with Gasteiger partial charge in [-0.1, -0.05) is 0 Å². The third-order valence-electron chi connectivity index (χ3n) is 3.47. The fourth-order valence-corrected chi connectivity index (χ4v) is 2.49. The summed E-state index contributed by atoms with van der Waals surface area (Å²) in [4.78, 5) is 4.33. The molecule has 1 aromatic heterocycles. The maximum atomic E-state index is 9.46. The van der Waals surface area contributed by atoms with Gasteiger partial charge in [0.25, 0.3) is 6.01 Å². The van der Waals surface area contributed by atoms with Gasteiger partial charge in [0.2, 0.25) is 0 Å². The van der Waals surface area contributed by atoms with Crippen LogP contribution in [0.1, 0.15) is 19.3 Å². The standard InChI is InChI=1S/C13H17N3O2/c14-9-2-4-12-11(6-9)16-13(18-12)15-7-8-1-3-10(17)5-8/h2,4,6,8,10,17H,1,3,5,7,14H2,(H,15,16). The van der Waals surface area contributed by atoms with Crippen LogP contribution in [0.25, 0.3) is 11.1 Å². The summed E-state index contributed by atoms with van der Waals surface area (Å²) in [6.07, 6.45) is 2.68. The van der Waals surface area contributed by atoms with Crippen molar-refractivity contribution in [3.8, 4) is 0 Å². The number of fused-ring (bicyclic) bond motifs is 1. The zero-order valence-corrected chi connectivity index (χ0v) is 10.1. The van der Waals surface area contributed by atoms with Crippen LogP contribution in [0.4, 0.5) is 11.7 Å². The van der Waals surface area contributed by atoms with Crippen molar-refractivity contribution in [3.63, 3.8) is 0 Å². The Bertz CT molecular complexity index is 552. The number of aliphatic hydroxyl groups excluding tert-OH is 1. The lowest BCUT2D eigenvalue weighted by molar-refractivity contribution is 0.178. The SMILES string of the molecule is Nc1ccc2oc(NCC3CCC(O)C3)nc2c1. The Morgan fingerprint density at radius 2 is 2.33 bits per heavy atom. The number of nitrogens with two attached hydrogens (primary N) is 1. The van der Waals surface area contributed by atoms with Gasteiger partial charge in [0, 0.05) is 12.2 Å². The fraction of sp³-hybridized carbons (Fsp3) is 0.462. The van der Waals surface area contributed by atoms with Gasteiger partial charge in [-0.15, -0.1) is 0 Å². The Morgan fingerprint density at radius 3 is 3.11 bits per heavy atom. The minimum absolute atomic E-state index is 0.139. The molecule has 0 aliphatic heterocycles. The van der Waals surface area contributed by atoms with Crippen LogP contribution in [0, 0.1) is 5.92 Å². The number of nitrogen functional groups attached to an aromatic ring is 1. The Balaban J connectivity index is 1.67. The van der Waals surface area contributed by atoms with Crippen molar-refractivity contribution in [2.24, 2.45) is 5.92 Å². The smallest absolute Gasteiger partial charge is 0.295 e. The van der Waals surface area contributed by atoms with Crippen LogP contribution in [-0.4, -0.2) is 22.7 Å². The first kappa shape index (κ1) is 11.3. The molecule has 1 aliphatic carbocycles. The van der Waals surface area contributed by atoms with E-state index in [1.807, 2.05) is 6.07 Å². The molecule has 0 bridgehead atoms. The molecule has 1 aromatic carbocycles. The van der Waals surface area contributed by atoms with E-state index in [0.29, 0.717) is 17.6 Å². The molecule has 2 atom stereocenters. The molecule has 0 spiro atoms. The normalized spacial score (nSPS) is 23.6. The molecule has 96 valence electrons. The molecule has 5 heteroatoms. The lowest BCUT2D eigenvalue weighted by atomic mass is 10.1. The highest BCUT2D eigenvalue weighted by Crippen LogP contribution is 2.26. The predicted molar refractivity (Wildman–Crippen MR) is 70.3 cm³/mol. The van der Waals surface area contributed by atoms with Gasteiger partial charge in [0.05, 0.1) is 6.10 Å². The van der Waals surface area contributed by atoms with E-state index in [1.165, 1.54) is 0 Å². The minimum Gasteiger partial charge on any atom is -0.424 e. The van der Waals surface area contributed by atoms with E-state index in [4.69, 9.17) is 10.2 Å². The summed E-state index contributed by atoms with van der Waals surface area (Å²) in [6.45, 7) is 0.791. The van der Waals surface area contributed by atoms with Gasteiger partial charge in [-0.3, -0.25) is 0 Å². The number of benzene rings is 1. The van der Waals surface area contributed by atoms with Crippen LogP contribution in [0.15, 0.2) is 22.6 Å². The molecule has 1 aliphatic rings. The van der Waals surface area contributed by atoms with E-state index in [2.05, 4.69) is 10.3 Å². The molecule has 0 radical (unpaired) electrons. The molecule has 2 aromatic rings. The monoisotopic (exact) mass is 247 g/mol. The summed E-state index contributed by atoms with van der Waals surface area (Å²) in [7, 11) is 0.